The van der Waals surface area contributed by atoms with Gasteiger partial charge < -0.3 is 20.1 Å². The maximum absolute atomic E-state index is 12.6. The van der Waals surface area contributed by atoms with Crippen molar-refractivity contribution in [1.82, 2.24) is 24.8 Å². The van der Waals surface area contributed by atoms with Crippen molar-refractivity contribution in [1.29, 1.82) is 0 Å². The summed E-state index contributed by atoms with van der Waals surface area (Å²) in [7, 11) is 0. The number of anilines is 1. The van der Waals surface area contributed by atoms with Gasteiger partial charge in [-0.1, -0.05) is 25.7 Å². The van der Waals surface area contributed by atoms with Crippen molar-refractivity contribution in [3.63, 3.8) is 0 Å². The highest BCUT2D eigenvalue weighted by Gasteiger charge is 2.41. The van der Waals surface area contributed by atoms with Crippen molar-refractivity contribution in [3.05, 3.63) is 18.0 Å². The molecule has 0 bridgehead atoms. The number of piperidine rings is 1. The predicted octanol–water partition coefficient (Wildman–Crippen LogP) is 4.04. The van der Waals surface area contributed by atoms with Crippen LogP contribution in [-0.4, -0.2) is 57.1 Å². The highest BCUT2D eigenvalue weighted by atomic mass is 16.2. The van der Waals surface area contributed by atoms with Crippen LogP contribution in [0.4, 0.5) is 5.95 Å². The first-order valence-corrected chi connectivity index (χ1v) is 12.9. The molecule has 3 fully saturated rings. The normalized spacial score (nSPS) is 28.4. The Balaban J connectivity index is 1.22. The fourth-order valence-electron chi connectivity index (χ4n) is 6.78. The second-order valence-electron chi connectivity index (χ2n) is 10.6. The Morgan fingerprint density at radius 1 is 1.00 bits per heavy atom. The lowest BCUT2D eigenvalue weighted by Crippen LogP contribution is -2.52. The van der Waals surface area contributed by atoms with E-state index in [1.165, 1.54) is 77.3 Å². The summed E-state index contributed by atoms with van der Waals surface area (Å²) < 4.78 is 2.26. The number of carbonyl (C=O) groups excluding carboxylic acids is 1. The molecule has 0 aromatic carbocycles. The van der Waals surface area contributed by atoms with Crippen molar-refractivity contribution in [2.75, 3.05) is 25.0 Å². The van der Waals surface area contributed by atoms with Crippen LogP contribution in [-0.2, 0) is 5.54 Å². The van der Waals surface area contributed by atoms with Crippen LogP contribution in [0.1, 0.15) is 87.5 Å². The van der Waals surface area contributed by atoms with E-state index in [0.29, 0.717) is 6.04 Å². The van der Waals surface area contributed by atoms with Gasteiger partial charge in [-0.15, -0.1) is 0 Å². The Hall–Kier alpha value is -2.15. The van der Waals surface area contributed by atoms with Crippen molar-refractivity contribution < 1.29 is 4.79 Å². The summed E-state index contributed by atoms with van der Waals surface area (Å²) in [6, 6.07) is 3.18. The summed E-state index contributed by atoms with van der Waals surface area (Å²) in [5, 5.41) is 7.76. The molecular weight excluding hydrogens is 400 g/mol. The van der Waals surface area contributed by atoms with Gasteiger partial charge in [0.05, 0.1) is 5.54 Å². The van der Waals surface area contributed by atoms with E-state index < -0.39 is 0 Å². The number of aromatic nitrogens is 3. The summed E-state index contributed by atoms with van der Waals surface area (Å²) in [5.74, 6) is 0.738. The minimum absolute atomic E-state index is 0.0183. The molecule has 2 N–H and O–H groups in total. The first-order chi connectivity index (χ1) is 15.7. The van der Waals surface area contributed by atoms with Crippen LogP contribution >= 0.6 is 0 Å². The van der Waals surface area contributed by atoms with Crippen LogP contribution in [0, 0.1) is 0 Å². The number of hydrogen-bond donors (Lipinski definition) is 2. The van der Waals surface area contributed by atoms with Gasteiger partial charge in [-0.25, -0.2) is 4.98 Å². The largest absolute Gasteiger partial charge is 0.351 e. The van der Waals surface area contributed by atoms with E-state index >= 15 is 0 Å². The lowest BCUT2D eigenvalue weighted by molar-refractivity contribution is 0.0833. The third kappa shape index (κ3) is 3.58. The van der Waals surface area contributed by atoms with E-state index in [1.54, 1.807) is 0 Å². The van der Waals surface area contributed by atoms with Crippen molar-refractivity contribution in [2.24, 2.45) is 0 Å². The van der Waals surface area contributed by atoms with Gasteiger partial charge in [0, 0.05) is 30.2 Å². The average Bonchev–Trinajstić information content (AvgIpc) is 3.24. The Bertz CT molecular complexity index is 980. The quantitative estimate of drug-likeness (QED) is 0.759. The number of carbonyl (C=O) groups is 1. The van der Waals surface area contributed by atoms with E-state index in [-0.39, 0.29) is 11.4 Å². The molecule has 2 aliphatic carbocycles. The average molecular weight is 437 g/mol. The first-order valence-electron chi connectivity index (χ1n) is 12.9. The summed E-state index contributed by atoms with van der Waals surface area (Å²) in [6.07, 6.45) is 16.9. The van der Waals surface area contributed by atoms with Crippen molar-refractivity contribution in [2.45, 2.75) is 94.7 Å². The molecule has 2 aliphatic heterocycles. The molecule has 2 saturated carbocycles. The number of fused-ring (bicyclic) bond motifs is 4. The number of hydrogen-bond acceptors (Lipinski definition) is 5. The fraction of sp³-hybridized carbons (Fsp3) is 0.720. The Morgan fingerprint density at radius 2 is 1.75 bits per heavy atom. The SMILES string of the molecule is O=C1NCC2(CCCCC2)n2c1cc1cnc(N[C@H]3CC[C@H](N4CCCCC4)CC3)nc12. The maximum atomic E-state index is 12.6. The van der Waals surface area contributed by atoms with E-state index in [0.717, 1.165) is 48.1 Å². The topological polar surface area (TPSA) is 75.1 Å². The summed E-state index contributed by atoms with van der Waals surface area (Å²) >= 11 is 0. The highest BCUT2D eigenvalue weighted by Crippen LogP contribution is 2.40. The van der Waals surface area contributed by atoms with Crippen LogP contribution in [0.25, 0.3) is 11.0 Å². The standard InChI is InChI=1S/C25H36N6O/c32-23-21-15-18-16-26-24(28-19-7-9-20(10-8-19)30-13-5-2-6-14-30)29-22(18)31(21)25(17-27-23)11-3-1-4-12-25/h15-16,19-20H,1-14,17H2,(H,27,32)(H,26,28,29)/t19-,20-. The van der Waals surface area contributed by atoms with Gasteiger partial charge in [-0.05, 0) is 70.5 Å². The molecule has 0 radical (unpaired) electrons. The van der Waals surface area contributed by atoms with Gasteiger partial charge in [0.15, 0.2) is 0 Å². The smallest absolute Gasteiger partial charge is 0.268 e. The van der Waals surface area contributed by atoms with Gasteiger partial charge >= 0.3 is 0 Å². The van der Waals surface area contributed by atoms with E-state index in [2.05, 4.69) is 25.1 Å². The van der Waals surface area contributed by atoms with Crippen molar-refractivity contribution in [3.8, 4) is 0 Å². The molecule has 6 rings (SSSR count). The molecule has 2 aromatic rings. The molecule has 172 valence electrons. The number of likely N-dealkylation sites (tertiary alicyclic amines) is 1. The highest BCUT2D eigenvalue weighted by molar-refractivity contribution is 5.99. The molecule has 1 spiro atoms. The zero-order valence-electron chi connectivity index (χ0n) is 19.1. The zero-order chi connectivity index (χ0) is 21.5. The van der Waals surface area contributed by atoms with Crippen LogP contribution in [0.15, 0.2) is 12.3 Å². The molecule has 4 heterocycles. The van der Waals surface area contributed by atoms with E-state index in [1.807, 2.05) is 12.3 Å². The molecule has 1 amide bonds. The summed E-state index contributed by atoms with van der Waals surface area (Å²) in [6.45, 7) is 3.30. The van der Waals surface area contributed by atoms with Crippen LogP contribution in [0.3, 0.4) is 0 Å². The minimum atomic E-state index is -0.0264. The maximum Gasteiger partial charge on any atom is 0.268 e. The molecule has 0 atom stereocenters. The second-order valence-corrected chi connectivity index (χ2v) is 10.6. The third-order valence-electron chi connectivity index (χ3n) is 8.55. The monoisotopic (exact) mass is 436 g/mol. The number of nitrogens with one attached hydrogen (secondary N) is 2. The Kier molecular flexibility index (Phi) is 5.32. The van der Waals surface area contributed by atoms with Gasteiger partial charge in [-0.3, -0.25) is 4.79 Å². The van der Waals surface area contributed by atoms with Crippen LogP contribution < -0.4 is 10.6 Å². The molecule has 4 aliphatic rings. The number of rotatable bonds is 3. The summed E-state index contributed by atoms with van der Waals surface area (Å²) in [5.41, 5.74) is 1.65. The molecule has 0 unspecified atom stereocenters. The van der Waals surface area contributed by atoms with Crippen molar-refractivity contribution >= 4 is 22.9 Å². The lowest BCUT2D eigenvalue weighted by Gasteiger charge is -2.43. The molecule has 2 aromatic heterocycles. The second kappa shape index (κ2) is 8.32. The van der Waals surface area contributed by atoms with Crippen LogP contribution in [0.2, 0.25) is 0 Å². The van der Waals surface area contributed by atoms with Gasteiger partial charge in [0.25, 0.3) is 5.91 Å². The predicted molar refractivity (Wildman–Crippen MR) is 126 cm³/mol. The molecule has 1 saturated heterocycles. The molecular formula is C25H36N6O. The van der Waals surface area contributed by atoms with Gasteiger partial charge in [0.2, 0.25) is 5.95 Å². The Labute approximate surface area is 190 Å². The Morgan fingerprint density at radius 3 is 2.53 bits per heavy atom. The number of amides is 1. The first kappa shape index (κ1) is 20.5. The molecule has 7 nitrogen and oxygen atoms in total. The number of nitrogens with zero attached hydrogens (tertiary/aromatic N) is 4. The van der Waals surface area contributed by atoms with E-state index in [9.17, 15) is 4.79 Å². The summed E-state index contributed by atoms with van der Waals surface area (Å²) in [4.78, 5) is 25.0. The zero-order valence-corrected chi connectivity index (χ0v) is 19.1. The minimum Gasteiger partial charge on any atom is -0.351 e. The molecule has 32 heavy (non-hydrogen) atoms. The van der Waals surface area contributed by atoms with Crippen LogP contribution in [0.5, 0.6) is 0 Å². The molecule has 7 heteroatoms. The van der Waals surface area contributed by atoms with E-state index in [4.69, 9.17) is 4.98 Å². The third-order valence-corrected chi connectivity index (χ3v) is 8.55. The lowest BCUT2D eigenvalue weighted by atomic mass is 9.80. The van der Waals surface area contributed by atoms with Gasteiger partial charge in [-0.2, -0.15) is 4.98 Å². The fourth-order valence-corrected chi connectivity index (χ4v) is 6.78. The van der Waals surface area contributed by atoms with Gasteiger partial charge in [0.1, 0.15) is 11.3 Å².